The van der Waals surface area contributed by atoms with Crippen molar-refractivity contribution in [1.29, 1.82) is 0 Å². The van der Waals surface area contributed by atoms with E-state index in [-0.39, 0.29) is 23.6 Å². The van der Waals surface area contributed by atoms with Gasteiger partial charge in [-0.3, -0.25) is 9.59 Å². The van der Waals surface area contributed by atoms with Gasteiger partial charge in [0.15, 0.2) is 5.78 Å². The minimum Gasteiger partial charge on any atom is -0.468 e. The third kappa shape index (κ3) is 1.09. The maximum absolute atomic E-state index is 12.4. The molecule has 0 aromatic carbocycles. The number of Topliss-reactive ketones (excluding diaryl/α,β-unsaturated/α-hetero) is 1. The SMILES string of the molecule is C=CC1[C@@H]2CCC(C)(C)C(=O)[C@]12C(=O)OC. The summed E-state index contributed by atoms with van der Waals surface area (Å²) in [6, 6.07) is 0. The van der Waals surface area contributed by atoms with E-state index in [1.54, 1.807) is 6.08 Å². The molecule has 2 aliphatic carbocycles. The maximum Gasteiger partial charge on any atom is 0.320 e. The first-order valence-corrected chi connectivity index (χ1v) is 5.68. The van der Waals surface area contributed by atoms with Gasteiger partial charge in [-0.25, -0.2) is 0 Å². The lowest BCUT2D eigenvalue weighted by molar-refractivity contribution is -0.157. The second-order valence-corrected chi connectivity index (χ2v) is 5.48. The number of rotatable bonds is 2. The Morgan fingerprint density at radius 1 is 1.56 bits per heavy atom. The lowest BCUT2D eigenvalue weighted by Gasteiger charge is -2.32. The summed E-state index contributed by atoms with van der Waals surface area (Å²) in [7, 11) is 1.35. The fraction of sp³-hybridized carbons (Fsp3) is 0.692. The molecule has 0 aliphatic heterocycles. The van der Waals surface area contributed by atoms with E-state index in [0.717, 1.165) is 12.8 Å². The van der Waals surface area contributed by atoms with Gasteiger partial charge in [0.25, 0.3) is 0 Å². The number of fused-ring (bicyclic) bond motifs is 1. The van der Waals surface area contributed by atoms with E-state index >= 15 is 0 Å². The molecule has 0 saturated heterocycles. The van der Waals surface area contributed by atoms with E-state index in [0.29, 0.717) is 0 Å². The lowest BCUT2D eigenvalue weighted by Crippen LogP contribution is -2.42. The van der Waals surface area contributed by atoms with Gasteiger partial charge >= 0.3 is 5.97 Å². The Morgan fingerprint density at radius 2 is 2.19 bits per heavy atom. The predicted octanol–water partition coefficient (Wildman–Crippen LogP) is 1.97. The summed E-state index contributed by atoms with van der Waals surface area (Å²) in [5.41, 5.74) is -1.32. The third-order valence-corrected chi connectivity index (χ3v) is 4.28. The number of esters is 1. The molecule has 3 nitrogen and oxygen atoms in total. The molecular formula is C13H18O3. The van der Waals surface area contributed by atoms with Crippen molar-refractivity contribution in [2.45, 2.75) is 26.7 Å². The zero-order valence-corrected chi connectivity index (χ0v) is 10.1. The average molecular weight is 222 g/mol. The number of hydrogen-bond donors (Lipinski definition) is 0. The van der Waals surface area contributed by atoms with Crippen LogP contribution >= 0.6 is 0 Å². The van der Waals surface area contributed by atoms with Crippen LogP contribution in [0.25, 0.3) is 0 Å². The molecule has 2 fully saturated rings. The first kappa shape index (κ1) is 11.4. The summed E-state index contributed by atoms with van der Waals surface area (Å²) >= 11 is 0. The summed E-state index contributed by atoms with van der Waals surface area (Å²) in [6.07, 6.45) is 3.49. The van der Waals surface area contributed by atoms with Gasteiger partial charge in [-0.2, -0.15) is 0 Å². The zero-order chi connectivity index (χ0) is 12.1. The van der Waals surface area contributed by atoms with Crippen molar-refractivity contribution < 1.29 is 14.3 Å². The first-order valence-electron chi connectivity index (χ1n) is 5.68. The van der Waals surface area contributed by atoms with Crippen LogP contribution in [0.1, 0.15) is 26.7 Å². The number of ether oxygens (including phenoxy) is 1. The molecule has 1 unspecified atom stereocenters. The largest absolute Gasteiger partial charge is 0.468 e. The Kier molecular flexibility index (Phi) is 2.26. The minimum absolute atomic E-state index is 0.0192. The molecular weight excluding hydrogens is 204 g/mol. The molecule has 0 aromatic heterocycles. The van der Waals surface area contributed by atoms with E-state index in [2.05, 4.69) is 6.58 Å². The summed E-state index contributed by atoms with van der Waals surface area (Å²) in [5, 5.41) is 0. The molecule has 0 amide bonds. The van der Waals surface area contributed by atoms with Gasteiger partial charge in [0, 0.05) is 11.3 Å². The van der Waals surface area contributed by atoms with Crippen molar-refractivity contribution >= 4 is 11.8 Å². The summed E-state index contributed by atoms with van der Waals surface area (Å²) in [4.78, 5) is 24.3. The van der Waals surface area contributed by atoms with Gasteiger partial charge in [0.1, 0.15) is 5.41 Å². The highest BCUT2D eigenvalue weighted by Crippen LogP contribution is 2.68. The van der Waals surface area contributed by atoms with Crippen molar-refractivity contribution in [2.24, 2.45) is 22.7 Å². The number of ketones is 1. The highest BCUT2D eigenvalue weighted by Gasteiger charge is 2.76. The van der Waals surface area contributed by atoms with Crippen LogP contribution in [-0.2, 0) is 14.3 Å². The molecule has 3 heteroatoms. The molecule has 2 rings (SSSR count). The van der Waals surface area contributed by atoms with Gasteiger partial charge in [0.05, 0.1) is 7.11 Å². The zero-order valence-electron chi connectivity index (χ0n) is 10.1. The molecule has 2 aliphatic rings. The summed E-state index contributed by atoms with van der Waals surface area (Å²) < 4.78 is 4.82. The first-order chi connectivity index (χ1) is 7.42. The number of carbonyl (C=O) groups is 2. The van der Waals surface area contributed by atoms with Gasteiger partial charge in [-0.1, -0.05) is 19.9 Å². The van der Waals surface area contributed by atoms with Crippen molar-refractivity contribution in [3.63, 3.8) is 0 Å². The van der Waals surface area contributed by atoms with Crippen LogP contribution in [0, 0.1) is 22.7 Å². The van der Waals surface area contributed by atoms with Gasteiger partial charge in [-0.15, -0.1) is 6.58 Å². The Hall–Kier alpha value is -1.12. The van der Waals surface area contributed by atoms with Crippen LogP contribution in [-0.4, -0.2) is 18.9 Å². The molecule has 0 aromatic rings. The molecule has 2 saturated carbocycles. The van der Waals surface area contributed by atoms with Gasteiger partial charge in [0.2, 0.25) is 0 Å². The van der Waals surface area contributed by atoms with Gasteiger partial charge in [-0.05, 0) is 18.8 Å². The molecule has 0 heterocycles. The van der Waals surface area contributed by atoms with Crippen LogP contribution < -0.4 is 0 Å². The van der Waals surface area contributed by atoms with Crippen molar-refractivity contribution in [1.82, 2.24) is 0 Å². The topological polar surface area (TPSA) is 43.4 Å². The Morgan fingerprint density at radius 3 is 2.69 bits per heavy atom. The minimum atomic E-state index is -0.905. The fourth-order valence-electron chi connectivity index (χ4n) is 3.31. The quantitative estimate of drug-likeness (QED) is 0.407. The second-order valence-electron chi connectivity index (χ2n) is 5.48. The summed E-state index contributed by atoms with van der Waals surface area (Å²) in [6.45, 7) is 7.55. The third-order valence-electron chi connectivity index (χ3n) is 4.28. The van der Waals surface area contributed by atoms with Gasteiger partial charge < -0.3 is 4.74 Å². The summed E-state index contributed by atoms with van der Waals surface area (Å²) in [5.74, 6) is -0.236. The molecule has 88 valence electrons. The second kappa shape index (κ2) is 3.19. The Bertz CT molecular complexity index is 369. The van der Waals surface area contributed by atoms with E-state index in [4.69, 9.17) is 4.74 Å². The monoisotopic (exact) mass is 222 g/mol. The number of allylic oxidation sites excluding steroid dienone is 1. The smallest absolute Gasteiger partial charge is 0.320 e. The fourth-order valence-corrected chi connectivity index (χ4v) is 3.31. The number of hydrogen-bond acceptors (Lipinski definition) is 3. The molecule has 16 heavy (non-hydrogen) atoms. The molecule has 0 N–H and O–H groups in total. The van der Waals surface area contributed by atoms with E-state index in [9.17, 15) is 9.59 Å². The molecule has 0 spiro atoms. The van der Waals surface area contributed by atoms with E-state index in [1.165, 1.54) is 7.11 Å². The van der Waals surface area contributed by atoms with Crippen molar-refractivity contribution in [3.8, 4) is 0 Å². The van der Waals surface area contributed by atoms with Crippen LogP contribution in [0.5, 0.6) is 0 Å². The van der Waals surface area contributed by atoms with Crippen LogP contribution in [0.15, 0.2) is 12.7 Å². The number of carbonyl (C=O) groups excluding carboxylic acids is 2. The molecule has 3 atom stereocenters. The Balaban J connectivity index is 2.43. The van der Waals surface area contributed by atoms with Crippen LogP contribution in [0.3, 0.4) is 0 Å². The van der Waals surface area contributed by atoms with Crippen molar-refractivity contribution in [2.75, 3.05) is 7.11 Å². The molecule has 0 radical (unpaired) electrons. The lowest BCUT2D eigenvalue weighted by atomic mass is 9.70. The van der Waals surface area contributed by atoms with Crippen LogP contribution in [0.4, 0.5) is 0 Å². The highest BCUT2D eigenvalue weighted by atomic mass is 16.5. The molecule has 0 bridgehead atoms. The van der Waals surface area contributed by atoms with E-state index in [1.807, 2.05) is 13.8 Å². The van der Waals surface area contributed by atoms with E-state index < -0.39 is 10.8 Å². The van der Waals surface area contributed by atoms with Crippen LogP contribution in [0.2, 0.25) is 0 Å². The van der Waals surface area contributed by atoms with Crippen molar-refractivity contribution in [3.05, 3.63) is 12.7 Å². The highest BCUT2D eigenvalue weighted by molar-refractivity contribution is 6.11. The number of methoxy groups -OCH3 is 1. The predicted molar refractivity (Wildman–Crippen MR) is 59.6 cm³/mol. The maximum atomic E-state index is 12.4. The average Bonchev–Trinajstić information content (AvgIpc) is 2.92. The standard InChI is InChI=1S/C13H18O3/c1-5-8-9-6-7-12(2,3)10(14)13(8,9)11(15)16-4/h5,8-9H,1,6-7H2,2-4H3/t8?,9-,13-/m0/s1. The Labute approximate surface area is 95.9 Å². The normalized spacial score (nSPS) is 39.8.